The van der Waals surface area contributed by atoms with Crippen molar-refractivity contribution in [3.05, 3.63) is 98.0 Å². The third-order valence-electron chi connectivity index (χ3n) is 4.63. The van der Waals surface area contributed by atoms with Gasteiger partial charge in [0.2, 0.25) is 0 Å². The molecule has 0 saturated heterocycles. The van der Waals surface area contributed by atoms with Crippen LogP contribution in [0.15, 0.2) is 75.3 Å². The fourth-order valence-corrected chi connectivity index (χ4v) is 3.94. The lowest BCUT2D eigenvalue weighted by atomic mass is 10.2. The van der Waals surface area contributed by atoms with E-state index in [9.17, 15) is 13.2 Å². The van der Waals surface area contributed by atoms with Crippen LogP contribution in [-0.4, -0.2) is 29.2 Å². The Morgan fingerprint density at radius 2 is 1.73 bits per heavy atom. The first kappa shape index (κ1) is 22.9. The molecule has 0 amide bonds. The van der Waals surface area contributed by atoms with Crippen molar-refractivity contribution < 1.29 is 13.0 Å². The summed E-state index contributed by atoms with van der Waals surface area (Å²) >= 11 is 12.0. The van der Waals surface area contributed by atoms with Gasteiger partial charge in [-0.1, -0.05) is 47.5 Å². The zero-order chi connectivity index (χ0) is 23.6. The van der Waals surface area contributed by atoms with E-state index < -0.39 is 15.7 Å². The fourth-order valence-electron chi connectivity index (χ4n) is 2.97. The smallest absolute Gasteiger partial charge is 0.294 e. The predicted molar refractivity (Wildman–Crippen MR) is 131 cm³/mol. The number of hydrogen-bond donors (Lipinski definition) is 2. The van der Waals surface area contributed by atoms with Gasteiger partial charge in [-0.3, -0.25) is 14.3 Å². The van der Waals surface area contributed by atoms with Crippen LogP contribution in [0.5, 0.6) is 0 Å². The summed E-state index contributed by atoms with van der Waals surface area (Å²) in [5.74, 6) is 0.298. The van der Waals surface area contributed by atoms with Crippen LogP contribution in [0.1, 0.15) is 17.0 Å². The monoisotopic (exact) mass is 499 g/mol. The van der Waals surface area contributed by atoms with Crippen molar-refractivity contribution in [2.24, 2.45) is 4.99 Å². The molecule has 4 rings (SSSR count). The quantitative estimate of drug-likeness (QED) is 0.282. The maximum absolute atomic E-state index is 12.3. The van der Waals surface area contributed by atoms with E-state index in [1.54, 1.807) is 36.6 Å². The maximum atomic E-state index is 12.3. The molecule has 0 aliphatic heterocycles. The molecule has 10 heteroatoms. The molecule has 1 heterocycles. The molecule has 0 aliphatic rings. The topological polar surface area (TPSA) is 112 Å². The molecule has 4 aromatic rings. The van der Waals surface area contributed by atoms with Gasteiger partial charge in [-0.15, -0.1) is 0 Å². The second-order valence-electron chi connectivity index (χ2n) is 6.95. The normalized spacial score (nSPS) is 12.2. The molecule has 0 fully saturated rings. The van der Waals surface area contributed by atoms with Crippen molar-refractivity contribution in [1.82, 2.24) is 9.97 Å². The number of nitrogens with one attached hydrogen (secondary N) is 1. The molecule has 0 saturated carbocycles. The van der Waals surface area contributed by atoms with E-state index in [0.29, 0.717) is 21.4 Å². The highest BCUT2D eigenvalue weighted by atomic mass is 35.5. The molecule has 7 nitrogen and oxygen atoms in total. The Kier molecular flexibility index (Phi) is 6.44. The van der Waals surface area contributed by atoms with E-state index in [2.05, 4.69) is 15.0 Å². The zero-order valence-corrected chi connectivity index (χ0v) is 19.1. The maximum Gasteiger partial charge on any atom is 0.294 e. The molecule has 0 bridgehead atoms. The summed E-state index contributed by atoms with van der Waals surface area (Å²) in [7, 11) is -4.41. The summed E-state index contributed by atoms with van der Waals surface area (Å²) in [6.07, 6.45) is 5.05. The van der Waals surface area contributed by atoms with Crippen molar-refractivity contribution in [3.8, 4) is 0 Å². The molecule has 2 N–H and O–H groups in total. The standard InChI is InChI=1S/C23H15Cl2N3O4S/c24-16-5-4-15(20(25)11-16)13-26-17-6-1-14(2-7-17)3-10-22-27-21-9-8-18(33(30,31)32)12-19(21)23(29)28-22/h1-13H,(H,27,28,29)(H,30,31,32)/b10-3+,26-13?. The van der Waals surface area contributed by atoms with Crippen molar-refractivity contribution in [3.63, 3.8) is 0 Å². The number of aromatic nitrogens is 2. The summed E-state index contributed by atoms with van der Waals surface area (Å²) in [6.45, 7) is 0. The number of benzene rings is 3. The van der Waals surface area contributed by atoms with E-state index in [1.807, 2.05) is 24.3 Å². The third-order valence-corrected chi connectivity index (χ3v) is 6.05. The van der Waals surface area contributed by atoms with Crippen LogP contribution in [0, 0.1) is 0 Å². The highest BCUT2D eigenvalue weighted by molar-refractivity contribution is 7.85. The van der Waals surface area contributed by atoms with Crippen LogP contribution < -0.4 is 5.56 Å². The Balaban J connectivity index is 1.53. The summed E-state index contributed by atoms with van der Waals surface area (Å²) in [6, 6.07) is 16.2. The number of fused-ring (bicyclic) bond motifs is 1. The van der Waals surface area contributed by atoms with E-state index in [-0.39, 0.29) is 10.3 Å². The van der Waals surface area contributed by atoms with E-state index in [4.69, 9.17) is 27.8 Å². The molecule has 166 valence electrons. The second kappa shape index (κ2) is 9.29. The van der Waals surface area contributed by atoms with Crippen LogP contribution in [-0.2, 0) is 10.1 Å². The van der Waals surface area contributed by atoms with Crippen LogP contribution >= 0.6 is 23.2 Å². The van der Waals surface area contributed by atoms with Gasteiger partial charge >= 0.3 is 0 Å². The van der Waals surface area contributed by atoms with Gasteiger partial charge in [0.15, 0.2) is 0 Å². The van der Waals surface area contributed by atoms with Gasteiger partial charge in [-0.2, -0.15) is 8.42 Å². The first-order chi connectivity index (χ1) is 15.7. The van der Waals surface area contributed by atoms with Crippen LogP contribution in [0.4, 0.5) is 5.69 Å². The lowest BCUT2D eigenvalue weighted by Gasteiger charge is -2.02. The van der Waals surface area contributed by atoms with E-state index in [0.717, 1.165) is 22.9 Å². The summed E-state index contributed by atoms with van der Waals surface area (Å²) in [5, 5.41) is 1.13. The van der Waals surface area contributed by atoms with E-state index >= 15 is 0 Å². The molecule has 0 unspecified atom stereocenters. The van der Waals surface area contributed by atoms with Crippen molar-refractivity contribution >= 4 is 68.3 Å². The van der Waals surface area contributed by atoms with Gasteiger partial charge in [0, 0.05) is 16.8 Å². The van der Waals surface area contributed by atoms with E-state index in [1.165, 1.54) is 12.1 Å². The number of halogens is 2. The number of aromatic amines is 1. The number of aliphatic imine (C=N–C) groups is 1. The number of nitrogens with zero attached hydrogens (tertiary/aromatic N) is 2. The summed E-state index contributed by atoms with van der Waals surface area (Å²) in [5.41, 5.74) is 2.11. The summed E-state index contributed by atoms with van der Waals surface area (Å²) < 4.78 is 31.7. The van der Waals surface area contributed by atoms with Gasteiger partial charge < -0.3 is 4.98 Å². The largest absolute Gasteiger partial charge is 0.306 e. The van der Waals surface area contributed by atoms with Gasteiger partial charge in [0.1, 0.15) is 5.82 Å². The number of H-pyrrole nitrogens is 1. The van der Waals surface area contributed by atoms with Crippen LogP contribution in [0.2, 0.25) is 10.0 Å². The lowest BCUT2D eigenvalue weighted by Crippen LogP contribution is -2.10. The molecule has 1 aromatic heterocycles. The first-order valence-corrected chi connectivity index (χ1v) is 11.7. The molecule has 0 spiro atoms. The average Bonchev–Trinajstić information content (AvgIpc) is 2.77. The molecule has 3 aromatic carbocycles. The predicted octanol–water partition coefficient (Wildman–Crippen LogP) is 5.40. The molecule has 0 aliphatic carbocycles. The van der Waals surface area contributed by atoms with Crippen molar-refractivity contribution in [2.45, 2.75) is 4.90 Å². The van der Waals surface area contributed by atoms with Gasteiger partial charge in [0.25, 0.3) is 15.7 Å². The lowest BCUT2D eigenvalue weighted by molar-refractivity contribution is 0.483. The Labute approximate surface area is 198 Å². The highest BCUT2D eigenvalue weighted by Crippen LogP contribution is 2.21. The Hall–Kier alpha value is -3.30. The SMILES string of the molecule is O=c1[nH]c(/C=C/c2ccc(N=Cc3ccc(Cl)cc3Cl)cc2)nc2ccc(S(=O)(=O)O)cc12. The zero-order valence-electron chi connectivity index (χ0n) is 16.7. The number of rotatable bonds is 5. The number of hydrogen-bond acceptors (Lipinski definition) is 5. The third kappa shape index (κ3) is 5.55. The van der Waals surface area contributed by atoms with Crippen LogP contribution in [0.25, 0.3) is 23.1 Å². The molecule has 33 heavy (non-hydrogen) atoms. The summed E-state index contributed by atoms with van der Waals surface area (Å²) in [4.78, 5) is 23.2. The van der Waals surface area contributed by atoms with Crippen molar-refractivity contribution in [2.75, 3.05) is 0 Å². The Morgan fingerprint density at radius 1 is 0.970 bits per heavy atom. The van der Waals surface area contributed by atoms with Gasteiger partial charge in [0.05, 0.1) is 26.5 Å². The molecular weight excluding hydrogens is 485 g/mol. The first-order valence-electron chi connectivity index (χ1n) is 9.48. The van der Waals surface area contributed by atoms with Crippen molar-refractivity contribution in [1.29, 1.82) is 0 Å². The van der Waals surface area contributed by atoms with Crippen LogP contribution in [0.3, 0.4) is 0 Å². The molecular formula is C23H15Cl2N3O4S. The van der Waals surface area contributed by atoms with Gasteiger partial charge in [-0.25, -0.2) is 4.98 Å². The molecule has 0 atom stereocenters. The minimum atomic E-state index is -4.41. The molecule has 0 radical (unpaired) electrons. The average molecular weight is 500 g/mol. The fraction of sp³-hybridized carbons (Fsp3) is 0. The Bertz CT molecular complexity index is 1580. The highest BCUT2D eigenvalue weighted by Gasteiger charge is 2.12. The Morgan fingerprint density at radius 3 is 2.42 bits per heavy atom. The minimum Gasteiger partial charge on any atom is -0.306 e. The second-order valence-corrected chi connectivity index (χ2v) is 9.22. The van der Waals surface area contributed by atoms with Gasteiger partial charge in [-0.05, 0) is 54.1 Å². The minimum absolute atomic E-state index is 0.0604.